The van der Waals surface area contributed by atoms with E-state index in [0.29, 0.717) is 19.5 Å². The minimum Gasteiger partial charge on any atom is -0.480 e. The third-order valence-corrected chi connectivity index (χ3v) is 2.98. The monoisotopic (exact) mass is 257 g/mol. The third kappa shape index (κ3) is 3.61. The molecule has 18 heavy (non-hydrogen) atoms. The number of nitrogens with one attached hydrogen (secondary N) is 1. The SMILES string of the molecule is CCC(C)N(CC(=O)O)C(=O)N1CCNC(=O)C1. The molecular formula is C11H19N3O4. The molecule has 2 N–H and O–H groups in total. The van der Waals surface area contributed by atoms with Crippen LogP contribution in [0.1, 0.15) is 20.3 Å². The minimum absolute atomic E-state index is 0.00854. The van der Waals surface area contributed by atoms with Gasteiger partial charge in [0.2, 0.25) is 5.91 Å². The Morgan fingerprint density at radius 3 is 2.72 bits per heavy atom. The van der Waals surface area contributed by atoms with Crippen LogP contribution < -0.4 is 5.32 Å². The van der Waals surface area contributed by atoms with Crippen LogP contribution in [0.4, 0.5) is 4.79 Å². The first-order chi connectivity index (χ1) is 8.45. The lowest BCUT2D eigenvalue weighted by Gasteiger charge is -2.34. The van der Waals surface area contributed by atoms with E-state index in [-0.39, 0.29) is 31.1 Å². The molecule has 1 rings (SSSR count). The smallest absolute Gasteiger partial charge is 0.323 e. The van der Waals surface area contributed by atoms with Crippen LogP contribution in [0.5, 0.6) is 0 Å². The summed E-state index contributed by atoms with van der Waals surface area (Å²) in [5.41, 5.74) is 0. The summed E-state index contributed by atoms with van der Waals surface area (Å²) in [6, 6.07) is -0.555. The van der Waals surface area contributed by atoms with Crippen LogP contribution in [0.25, 0.3) is 0 Å². The van der Waals surface area contributed by atoms with Crippen molar-refractivity contribution >= 4 is 17.9 Å². The van der Waals surface area contributed by atoms with E-state index in [2.05, 4.69) is 5.32 Å². The zero-order valence-corrected chi connectivity index (χ0v) is 10.7. The summed E-state index contributed by atoms with van der Waals surface area (Å²) < 4.78 is 0. The predicted molar refractivity (Wildman–Crippen MR) is 64.1 cm³/mol. The maximum Gasteiger partial charge on any atom is 0.323 e. The Bertz CT molecular complexity index is 345. The van der Waals surface area contributed by atoms with Crippen molar-refractivity contribution in [3.63, 3.8) is 0 Å². The number of carbonyl (C=O) groups excluding carboxylic acids is 2. The number of nitrogens with zero attached hydrogens (tertiary/aromatic N) is 2. The number of carboxylic acids is 1. The van der Waals surface area contributed by atoms with Gasteiger partial charge < -0.3 is 20.2 Å². The summed E-state index contributed by atoms with van der Waals surface area (Å²) in [5.74, 6) is -1.26. The number of amides is 3. The van der Waals surface area contributed by atoms with Gasteiger partial charge in [-0.3, -0.25) is 9.59 Å². The molecule has 102 valence electrons. The molecule has 0 saturated carbocycles. The van der Waals surface area contributed by atoms with E-state index >= 15 is 0 Å². The molecule has 7 heteroatoms. The fourth-order valence-electron chi connectivity index (χ4n) is 1.76. The maximum atomic E-state index is 12.2. The van der Waals surface area contributed by atoms with Gasteiger partial charge >= 0.3 is 12.0 Å². The van der Waals surface area contributed by atoms with Crippen LogP contribution >= 0.6 is 0 Å². The number of hydrogen-bond acceptors (Lipinski definition) is 3. The van der Waals surface area contributed by atoms with Gasteiger partial charge in [-0.15, -0.1) is 0 Å². The lowest BCUT2D eigenvalue weighted by molar-refractivity contribution is -0.138. The highest BCUT2D eigenvalue weighted by Crippen LogP contribution is 2.09. The fourth-order valence-corrected chi connectivity index (χ4v) is 1.76. The third-order valence-electron chi connectivity index (χ3n) is 2.98. The molecule has 0 aromatic carbocycles. The molecule has 1 atom stereocenters. The fraction of sp³-hybridized carbons (Fsp3) is 0.727. The van der Waals surface area contributed by atoms with Crippen molar-refractivity contribution in [3.05, 3.63) is 0 Å². The number of urea groups is 1. The zero-order valence-electron chi connectivity index (χ0n) is 10.7. The molecule has 0 bridgehead atoms. The Morgan fingerprint density at radius 1 is 1.56 bits per heavy atom. The molecular weight excluding hydrogens is 238 g/mol. The molecule has 1 aliphatic rings. The van der Waals surface area contributed by atoms with Gasteiger partial charge in [0.05, 0.1) is 0 Å². The summed E-state index contributed by atoms with van der Waals surface area (Å²) >= 11 is 0. The molecule has 1 saturated heterocycles. The highest BCUT2D eigenvalue weighted by atomic mass is 16.4. The molecule has 1 unspecified atom stereocenters. The van der Waals surface area contributed by atoms with Gasteiger partial charge in [0.25, 0.3) is 0 Å². The van der Waals surface area contributed by atoms with Crippen LogP contribution in [0, 0.1) is 0 Å². The molecule has 0 spiro atoms. The molecule has 1 aliphatic heterocycles. The van der Waals surface area contributed by atoms with Gasteiger partial charge in [-0.05, 0) is 13.3 Å². The number of carbonyl (C=O) groups is 3. The van der Waals surface area contributed by atoms with E-state index in [1.165, 1.54) is 9.80 Å². The van der Waals surface area contributed by atoms with Gasteiger partial charge in [-0.25, -0.2) is 4.79 Å². The summed E-state index contributed by atoms with van der Waals surface area (Å²) in [6.45, 7) is 4.15. The lowest BCUT2D eigenvalue weighted by atomic mass is 10.2. The largest absolute Gasteiger partial charge is 0.480 e. The Hall–Kier alpha value is -1.79. The van der Waals surface area contributed by atoms with Crippen molar-refractivity contribution in [1.29, 1.82) is 0 Å². The summed E-state index contributed by atoms with van der Waals surface area (Å²) in [7, 11) is 0. The standard InChI is InChI=1S/C11H19N3O4/c1-3-8(2)14(7-10(16)17)11(18)13-5-4-12-9(15)6-13/h8H,3-7H2,1-2H3,(H,12,15)(H,16,17). The van der Waals surface area contributed by atoms with Crippen LogP contribution in [-0.2, 0) is 9.59 Å². The van der Waals surface area contributed by atoms with E-state index in [0.717, 1.165) is 0 Å². The maximum absolute atomic E-state index is 12.2. The number of hydrogen-bond donors (Lipinski definition) is 2. The number of piperazine rings is 1. The molecule has 3 amide bonds. The topological polar surface area (TPSA) is 90.0 Å². The molecule has 0 aliphatic carbocycles. The lowest BCUT2D eigenvalue weighted by Crippen LogP contribution is -2.56. The molecule has 1 heterocycles. The van der Waals surface area contributed by atoms with Gasteiger partial charge in [0.15, 0.2) is 0 Å². The number of carboxylic acid groups (broad SMARTS) is 1. The Kier molecular flexibility index (Phi) is 4.94. The normalized spacial score (nSPS) is 17.0. The van der Waals surface area contributed by atoms with Crippen molar-refractivity contribution in [3.8, 4) is 0 Å². The van der Waals surface area contributed by atoms with E-state index < -0.39 is 5.97 Å². The van der Waals surface area contributed by atoms with Gasteiger partial charge in [-0.1, -0.05) is 6.92 Å². The van der Waals surface area contributed by atoms with E-state index in [4.69, 9.17) is 5.11 Å². The van der Waals surface area contributed by atoms with E-state index in [9.17, 15) is 14.4 Å². The quantitative estimate of drug-likeness (QED) is 0.725. The van der Waals surface area contributed by atoms with Crippen molar-refractivity contribution in [1.82, 2.24) is 15.1 Å². The second kappa shape index (κ2) is 6.23. The van der Waals surface area contributed by atoms with Crippen LogP contribution in [0.15, 0.2) is 0 Å². The molecule has 0 aromatic heterocycles. The minimum atomic E-state index is -1.05. The molecule has 7 nitrogen and oxygen atoms in total. The molecule has 0 radical (unpaired) electrons. The van der Waals surface area contributed by atoms with Gasteiger partial charge in [0.1, 0.15) is 13.1 Å². The average Bonchev–Trinajstić information content (AvgIpc) is 2.34. The first kappa shape index (κ1) is 14.3. The van der Waals surface area contributed by atoms with Crippen LogP contribution in [0.2, 0.25) is 0 Å². The average molecular weight is 257 g/mol. The van der Waals surface area contributed by atoms with Crippen molar-refractivity contribution in [2.45, 2.75) is 26.3 Å². The summed E-state index contributed by atoms with van der Waals surface area (Å²) in [5, 5.41) is 11.5. The van der Waals surface area contributed by atoms with Crippen LogP contribution in [-0.4, -0.2) is 65.0 Å². The Balaban J connectivity index is 2.74. The predicted octanol–water partition coefficient (Wildman–Crippen LogP) is -0.277. The number of aliphatic carboxylic acids is 1. The Labute approximate surface area is 106 Å². The highest BCUT2D eigenvalue weighted by molar-refractivity contribution is 5.86. The van der Waals surface area contributed by atoms with Gasteiger partial charge in [0, 0.05) is 19.1 Å². The second-order valence-corrected chi connectivity index (χ2v) is 4.33. The first-order valence-corrected chi connectivity index (χ1v) is 5.99. The number of rotatable bonds is 4. The van der Waals surface area contributed by atoms with E-state index in [1.54, 1.807) is 6.92 Å². The zero-order chi connectivity index (χ0) is 13.7. The van der Waals surface area contributed by atoms with Crippen LogP contribution in [0.3, 0.4) is 0 Å². The summed E-state index contributed by atoms with van der Waals surface area (Å²) in [6.07, 6.45) is 0.666. The van der Waals surface area contributed by atoms with Crippen molar-refractivity contribution in [2.75, 3.05) is 26.2 Å². The summed E-state index contributed by atoms with van der Waals surface area (Å²) in [4.78, 5) is 36.9. The first-order valence-electron chi connectivity index (χ1n) is 5.99. The molecule has 0 aromatic rings. The van der Waals surface area contributed by atoms with Gasteiger partial charge in [-0.2, -0.15) is 0 Å². The van der Waals surface area contributed by atoms with Crippen molar-refractivity contribution < 1.29 is 19.5 Å². The molecule has 1 fully saturated rings. The Morgan fingerprint density at radius 2 is 2.22 bits per heavy atom. The highest BCUT2D eigenvalue weighted by Gasteiger charge is 2.29. The van der Waals surface area contributed by atoms with E-state index in [1.807, 2.05) is 6.92 Å². The van der Waals surface area contributed by atoms with Crippen molar-refractivity contribution in [2.24, 2.45) is 0 Å². The second-order valence-electron chi connectivity index (χ2n) is 4.33.